The third-order valence-corrected chi connectivity index (χ3v) is 6.40. The number of hydrogen-bond acceptors (Lipinski definition) is 7. The van der Waals surface area contributed by atoms with Crippen LogP contribution < -0.4 is 14.9 Å². The Morgan fingerprint density at radius 1 is 1.26 bits per heavy atom. The lowest BCUT2D eigenvalue weighted by Gasteiger charge is -2.24. The summed E-state index contributed by atoms with van der Waals surface area (Å²) in [5.41, 5.74) is 1.60. The zero-order valence-electron chi connectivity index (χ0n) is 17.9. The minimum absolute atomic E-state index is 0.0213. The molecule has 0 radical (unpaired) electrons. The van der Waals surface area contributed by atoms with E-state index in [1.807, 2.05) is 0 Å². The monoisotopic (exact) mass is 495 g/mol. The number of nitro groups is 1. The summed E-state index contributed by atoms with van der Waals surface area (Å²) < 4.78 is 7.12. The maximum absolute atomic E-state index is 13.5. The second-order valence-corrected chi connectivity index (χ2v) is 8.81. The van der Waals surface area contributed by atoms with Crippen LogP contribution in [-0.2, 0) is 9.53 Å². The van der Waals surface area contributed by atoms with E-state index < -0.39 is 16.9 Å². The second kappa shape index (κ2) is 9.58. The van der Waals surface area contributed by atoms with Crippen LogP contribution in [0.3, 0.4) is 0 Å². The van der Waals surface area contributed by atoms with Gasteiger partial charge in [0.25, 0.3) is 11.2 Å². The average Bonchev–Trinajstić information content (AvgIpc) is 3.12. The van der Waals surface area contributed by atoms with Crippen LogP contribution in [0.1, 0.15) is 24.1 Å². The molecule has 0 aliphatic carbocycles. The summed E-state index contributed by atoms with van der Waals surface area (Å²) in [5.74, 6) is -0.592. The molecule has 1 atom stereocenters. The largest absolute Gasteiger partial charge is 0.458 e. The van der Waals surface area contributed by atoms with Crippen LogP contribution in [0.5, 0.6) is 0 Å². The molecule has 8 nitrogen and oxygen atoms in total. The summed E-state index contributed by atoms with van der Waals surface area (Å²) in [5, 5.41) is 11.4. The number of halogens is 1. The van der Waals surface area contributed by atoms with Gasteiger partial charge in [-0.15, -0.1) is 0 Å². The number of fused-ring (bicyclic) bond motifs is 1. The van der Waals surface area contributed by atoms with Crippen molar-refractivity contribution in [3.8, 4) is 0 Å². The molecule has 0 saturated carbocycles. The number of benzene rings is 2. The highest BCUT2D eigenvalue weighted by Gasteiger charge is 2.33. The SMILES string of the molecule is C=CCOC(=O)C1=C(C)N=c2sc(=Cc3ccc([N+](=O)[O-])cc3)c(=O)n2C1c1ccc(Cl)cc1. The Hall–Kier alpha value is -3.82. The number of thiazole rings is 1. The van der Waals surface area contributed by atoms with E-state index in [4.69, 9.17) is 16.3 Å². The number of carbonyl (C=O) groups is 1. The first-order valence-electron chi connectivity index (χ1n) is 10.1. The summed E-state index contributed by atoms with van der Waals surface area (Å²) in [4.78, 5) is 41.8. The van der Waals surface area contributed by atoms with Gasteiger partial charge in [0.05, 0.1) is 26.8 Å². The van der Waals surface area contributed by atoms with Gasteiger partial charge in [0.2, 0.25) is 0 Å². The molecule has 0 N–H and O–H groups in total. The highest BCUT2D eigenvalue weighted by Crippen LogP contribution is 2.31. The first-order chi connectivity index (χ1) is 16.3. The Morgan fingerprint density at radius 2 is 1.94 bits per heavy atom. The van der Waals surface area contributed by atoms with Gasteiger partial charge in [0.15, 0.2) is 4.80 Å². The quantitative estimate of drug-likeness (QED) is 0.225. The molecule has 1 unspecified atom stereocenters. The molecule has 0 saturated heterocycles. The molecule has 2 aromatic carbocycles. The summed E-state index contributed by atoms with van der Waals surface area (Å²) in [6, 6.07) is 12.0. The summed E-state index contributed by atoms with van der Waals surface area (Å²) in [6.07, 6.45) is 3.10. The molecule has 2 heterocycles. The molecular weight excluding hydrogens is 478 g/mol. The van der Waals surface area contributed by atoms with Gasteiger partial charge in [-0.3, -0.25) is 19.5 Å². The molecule has 0 spiro atoms. The van der Waals surface area contributed by atoms with E-state index in [1.165, 1.54) is 34.1 Å². The fourth-order valence-electron chi connectivity index (χ4n) is 3.60. The molecule has 3 aromatic rings. The van der Waals surface area contributed by atoms with Gasteiger partial charge in [-0.25, -0.2) is 9.79 Å². The molecule has 0 fully saturated rings. The van der Waals surface area contributed by atoms with Gasteiger partial charge in [0, 0.05) is 17.2 Å². The van der Waals surface area contributed by atoms with Crippen LogP contribution in [-0.4, -0.2) is 22.1 Å². The molecule has 172 valence electrons. The zero-order valence-corrected chi connectivity index (χ0v) is 19.5. The lowest BCUT2D eigenvalue weighted by atomic mass is 9.96. The normalized spacial score (nSPS) is 15.5. The number of rotatable bonds is 6. The summed E-state index contributed by atoms with van der Waals surface area (Å²) in [6.45, 7) is 5.28. The Labute approximate surface area is 202 Å². The predicted octanol–water partition coefficient (Wildman–Crippen LogP) is 3.53. The van der Waals surface area contributed by atoms with E-state index in [0.29, 0.717) is 31.2 Å². The van der Waals surface area contributed by atoms with Crippen molar-refractivity contribution in [3.63, 3.8) is 0 Å². The number of nitrogens with zero attached hydrogens (tertiary/aromatic N) is 3. The third-order valence-electron chi connectivity index (χ3n) is 5.16. The van der Waals surface area contributed by atoms with Crippen LogP contribution in [0.15, 0.2) is 82.2 Å². The van der Waals surface area contributed by atoms with E-state index in [9.17, 15) is 19.7 Å². The Bertz CT molecular complexity index is 1500. The fourth-order valence-corrected chi connectivity index (χ4v) is 4.77. The maximum atomic E-state index is 13.5. The van der Waals surface area contributed by atoms with Crippen LogP contribution in [0.4, 0.5) is 5.69 Å². The van der Waals surface area contributed by atoms with E-state index >= 15 is 0 Å². The van der Waals surface area contributed by atoms with Crippen molar-refractivity contribution in [1.29, 1.82) is 0 Å². The predicted molar refractivity (Wildman–Crippen MR) is 129 cm³/mol. The highest BCUT2D eigenvalue weighted by molar-refractivity contribution is 7.07. The standard InChI is InChI=1S/C24H18ClN3O5S/c1-3-12-33-23(30)20-14(2)26-24-27(21(20)16-6-8-17(25)9-7-16)22(29)19(34-24)13-15-4-10-18(11-5-15)28(31)32/h3-11,13,21H,1,12H2,2H3. The topological polar surface area (TPSA) is 104 Å². The van der Waals surface area contributed by atoms with Crippen LogP contribution in [0, 0.1) is 10.1 Å². The molecule has 0 bridgehead atoms. The first kappa shape index (κ1) is 23.3. The second-order valence-electron chi connectivity index (χ2n) is 7.37. The van der Waals surface area contributed by atoms with Crippen molar-refractivity contribution in [2.45, 2.75) is 13.0 Å². The van der Waals surface area contributed by atoms with Gasteiger partial charge in [-0.2, -0.15) is 0 Å². The first-order valence-corrected chi connectivity index (χ1v) is 11.3. The van der Waals surface area contributed by atoms with Crippen LogP contribution in [0.2, 0.25) is 5.02 Å². The van der Waals surface area contributed by atoms with E-state index in [1.54, 1.807) is 49.4 Å². The number of allylic oxidation sites excluding steroid dienone is 1. The summed E-state index contributed by atoms with van der Waals surface area (Å²) in [7, 11) is 0. The van der Waals surface area contributed by atoms with Crippen molar-refractivity contribution in [1.82, 2.24) is 4.57 Å². The van der Waals surface area contributed by atoms with Crippen molar-refractivity contribution < 1.29 is 14.5 Å². The molecule has 1 aliphatic heterocycles. The van der Waals surface area contributed by atoms with Crippen molar-refractivity contribution in [2.24, 2.45) is 4.99 Å². The minimum Gasteiger partial charge on any atom is -0.458 e. The molecule has 1 aromatic heterocycles. The van der Waals surface area contributed by atoms with Gasteiger partial charge >= 0.3 is 5.97 Å². The molecule has 0 amide bonds. The number of aromatic nitrogens is 1. The van der Waals surface area contributed by atoms with Crippen molar-refractivity contribution in [2.75, 3.05) is 6.61 Å². The van der Waals surface area contributed by atoms with E-state index in [0.717, 1.165) is 0 Å². The third kappa shape index (κ3) is 4.48. The van der Waals surface area contributed by atoms with E-state index in [2.05, 4.69) is 11.6 Å². The fraction of sp³-hybridized carbons (Fsp3) is 0.125. The Morgan fingerprint density at radius 3 is 2.56 bits per heavy atom. The zero-order chi connectivity index (χ0) is 24.4. The van der Waals surface area contributed by atoms with E-state index in [-0.39, 0.29) is 23.4 Å². The lowest BCUT2D eigenvalue weighted by Crippen LogP contribution is -2.39. The van der Waals surface area contributed by atoms with Crippen molar-refractivity contribution >= 4 is 40.7 Å². The Balaban J connectivity index is 1.89. The van der Waals surface area contributed by atoms with Gasteiger partial charge in [-0.05, 0) is 48.4 Å². The molecule has 4 rings (SSSR count). The molecular formula is C24H18ClN3O5S. The smallest absolute Gasteiger partial charge is 0.338 e. The van der Waals surface area contributed by atoms with Gasteiger partial charge < -0.3 is 4.74 Å². The average molecular weight is 496 g/mol. The Kier molecular flexibility index (Phi) is 6.58. The van der Waals surface area contributed by atoms with Crippen LogP contribution in [0.25, 0.3) is 6.08 Å². The van der Waals surface area contributed by atoms with Crippen molar-refractivity contribution in [3.05, 3.63) is 118 Å². The number of esters is 1. The number of carbonyl (C=O) groups excluding carboxylic acids is 1. The highest BCUT2D eigenvalue weighted by atomic mass is 35.5. The lowest BCUT2D eigenvalue weighted by molar-refractivity contribution is -0.384. The molecule has 34 heavy (non-hydrogen) atoms. The summed E-state index contributed by atoms with van der Waals surface area (Å²) >= 11 is 7.23. The molecule has 10 heteroatoms. The number of hydrogen-bond donors (Lipinski definition) is 0. The van der Waals surface area contributed by atoms with Crippen LogP contribution >= 0.6 is 22.9 Å². The number of nitro benzene ring substituents is 1. The number of non-ortho nitro benzene ring substituents is 1. The minimum atomic E-state index is -0.759. The molecule has 1 aliphatic rings. The van der Waals surface area contributed by atoms with Gasteiger partial charge in [0.1, 0.15) is 6.61 Å². The number of ether oxygens (including phenoxy) is 1. The van der Waals surface area contributed by atoms with Gasteiger partial charge in [-0.1, -0.05) is 47.7 Å². The maximum Gasteiger partial charge on any atom is 0.338 e.